The maximum Gasteiger partial charge on any atom is 0.262 e. The van der Waals surface area contributed by atoms with Gasteiger partial charge in [0.05, 0.1) is 16.3 Å². The Bertz CT molecular complexity index is 1210. The van der Waals surface area contributed by atoms with Gasteiger partial charge in [0.2, 0.25) is 0 Å². The van der Waals surface area contributed by atoms with Gasteiger partial charge < -0.3 is 10.1 Å². The lowest BCUT2D eigenvalue weighted by molar-refractivity contribution is -0.118. The summed E-state index contributed by atoms with van der Waals surface area (Å²) in [6.07, 6.45) is 3.21. The summed E-state index contributed by atoms with van der Waals surface area (Å²) in [7, 11) is -3.95. The third-order valence-electron chi connectivity index (χ3n) is 5.01. The number of halogens is 1. The molecule has 1 aliphatic rings. The summed E-state index contributed by atoms with van der Waals surface area (Å²) in [5.41, 5.74) is 3.05. The molecule has 0 saturated carbocycles. The smallest absolute Gasteiger partial charge is 0.262 e. The van der Waals surface area contributed by atoms with Crippen LogP contribution in [-0.4, -0.2) is 20.9 Å². The second kappa shape index (κ2) is 8.77. The largest absolute Gasteiger partial charge is 0.484 e. The van der Waals surface area contributed by atoms with E-state index in [0.29, 0.717) is 5.75 Å². The summed E-state index contributed by atoms with van der Waals surface area (Å²) in [6.45, 7) is -0.210. The van der Waals surface area contributed by atoms with Crippen molar-refractivity contribution in [3.8, 4) is 5.75 Å². The van der Waals surface area contributed by atoms with E-state index in [4.69, 9.17) is 4.74 Å². The van der Waals surface area contributed by atoms with Crippen LogP contribution in [0, 0.1) is 5.82 Å². The van der Waals surface area contributed by atoms with Gasteiger partial charge in [-0.1, -0.05) is 18.2 Å². The highest BCUT2D eigenvalue weighted by Gasteiger charge is 2.17. The molecule has 2 N–H and O–H groups in total. The fourth-order valence-corrected chi connectivity index (χ4v) is 4.55. The third-order valence-corrected chi connectivity index (χ3v) is 6.39. The molecule has 0 atom stereocenters. The lowest BCUT2D eigenvalue weighted by atomic mass is 10.1. The predicted molar refractivity (Wildman–Crippen MR) is 116 cm³/mol. The third kappa shape index (κ3) is 5.03. The Morgan fingerprint density at radius 1 is 0.935 bits per heavy atom. The van der Waals surface area contributed by atoms with Crippen molar-refractivity contribution in [2.75, 3.05) is 16.6 Å². The van der Waals surface area contributed by atoms with E-state index in [1.165, 1.54) is 29.3 Å². The molecule has 6 nitrogen and oxygen atoms in total. The molecule has 0 aromatic heterocycles. The number of fused-ring (bicyclic) bond motifs is 1. The number of aryl methyl sites for hydroxylation is 2. The lowest BCUT2D eigenvalue weighted by Gasteiger charge is -2.14. The van der Waals surface area contributed by atoms with E-state index in [1.54, 1.807) is 18.2 Å². The van der Waals surface area contributed by atoms with Crippen LogP contribution in [0.4, 0.5) is 15.8 Å². The Kier molecular flexibility index (Phi) is 5.90. The summed E-state index contributed by atoms with van der Waals surface area (Å²) < 4.78 is 46.3. The maximum atomic E-state index is 13.1. The van der Waals surface area contributed by atoms with Crippen molar-refractivity contribution in [1.29, 1.82) is 0 Å². The van der Waals surface area contributed by atoms with E-state index >= 15 is 0 Å². The molecule has 3 aromatic rings. The van der Waals surface area contributed by atoms with Crippen molar-refractivity contribution in [2.24, 2.45) is 0 Å². The Labute approximate surface area is 180 Å². The summed E-state index contributed by atoms with van der Waals surface area (Å²) in [6, 6.07) is 16.7. The number of hydrogen-bond donors (Lipinski definition) is 2. The number of hydrogen-bond acceptors (Lipinski definition) is 4. The molecule has 0 radical (unpaired) electrons. The van der Waals surface area contributed by atoms with Gasteiger partial charge in [-0.05, 0) is 78.9 Å². The van der Waals surface area contributed by atoms with Crippen LogP contribution in [0.5, 0.6) is 5.75 Å². The van der Waals surface area contributed by atoms with E-state index < -0.39 is 21.7 Å². The number of anilines is 2. The Balaban J connectivity index is 1.42. The van der Waals surface area contributed by atoms with Gasteiger partial charge in [-0.2, -0.15) is 0 Å². The summed E-state index contributed by atoms with van der Waals surface area (Å²) in [5.74, 6) is -0.329. The first-order chi connectivity index (χ1) is 14.9. The zero-order valence-corrected chi connectivity index (χ0v) is 17.4. The molecule has 1 aliphatic carbocycles. The van der Waals surface area contributed by atoms with Crippen molar-refractivity contribution >= 4 is 27.3 Å². The monoisotopic (exact) mass is 440 g/mol. The van der Waals surface area contributed by atoms with Gasteiger partial charge >= 0.3 is 0 Å². The van der Waals surface area contributed by atoms with Gasteiger partial charge in [-0.3, -0.25) is 9.52 Å². The number of benzene rings is 3. The van der Waals surface area contributed by atoms with Gasteiger partial charge in [0.25, 0.3) is 15.9 Å². The topological polar surface area (TPSA) is 84.5 Å². The fraction of sp³-hybridized carbons (Fsp3) is 0.174. The molecule has 4 rings (SSSR count). The van der Waals surface area contributed by atoms with E-state index in [0.717, 1.165) is 31.4 Å². The highest BCUT2D eigenvalue weighted by molar-refractivity contribution is 7.92. The van der Waals surface area contributed by atoms with Crippen LogP contribution < -0.4 is 14.8 Å². The standard InChI is InChI=1S/C23H21FN2O4S/c24-18-9-12-20(13-10-18)31(28,29)26-22-7-2-1-6-21(22)25-23(27)15-30-19-11-8-16-4-3-5-17(16)14-19/h1-2,6-14,26H,3-5,15H2,(H,25,27). The fourth-order valence-electron chi connectivity index (χ4n) is 3.47. The number of carbonyl (C=O) groups excluding carboxylic acids is 1. The summed E-state index contributed by atoms with van der Waals surface area (Å²) in [5, 5.41) is 2.67. The Hall–Kier alpha value is -3.39. The van der Waals surface area contributed by atoms with Gasteiger partial charge in [-0.15, -0.1) is 0 Å². The minimum Gasteiger partial charge on any atom is -0.484 e. The number of amides is 1. The van der Waals surface area contributed by atoms with Gasteiger partial charge in [-0.25, -0.2) is 12.8 Å². The zero-order chi connectivity index (χ0) is 21.8. The number of sulfonamides is 1. The summed E-state index contributed by atoms with van der Waals surface area (Å²) >= 11 is 0. The Morgan fingerprint density at radius 3 is 2.42 bits per heavy atom. The lowest BCUT2D eigenvalue weighted by Crippen LogP contribution is -2.22. The van der Waals surface area contributed by atoms with Gasteiger partial charge in [0.1, 0.15) is 11.6 Å². The molecular formula is C23H21FN2O4S. The zero-order valence-electron chi connectivity index (χ0n) is 16.6. The average molecular weight is 440 g/mol. The molecule has 1 amide bonds. The molecule has 0 unspecified atom stereocenters. The van der Waals surface area contributed by atoms with Crippen molar-refractivity contribution in [3.63, 3.8) is 0 Å². The average Bonchev–Trinajstić information content (AvgIpc) is 3.22. The van der Waals surface area contributed by atoms with Crippen molar-refractivity contribution in [2.45, 2.75) is 24.2 Å². The maximum absolute atomic E-state index is 13.1. The van der Waals surface area contributed by atoms with Crippen LogP contribution >= 0.6 is 0 Å². The van der Waals surface area contributed by atoms with Crippen LogP contribution in [0.15, 0.2) is 71.6 Å². The predicted octanol–water partition coefficient (Wildman–Crippen LogP) is 4.13. The first kappa shape index (κ1) is 20.9. The molecule has 0 fully saturated rings. The number of nitrogens with one attached hydrogen (secondary N) is 2. The van der Waals surface area contributed by atoms with Crippen LogP contribution in [0.1, 0.15) is 17.5 Å². The highest BCUT2D eigenvalue weighted by Crippen LogP contribution is 2.27. The van der Waals surface area contributed by atoms with E-state index in [9.17, 15) is 17.6 Å². The van der Waals surface area contributed by atoms with E-state index in [-0.39, 0.29) is 22.9 Å². The number of carbonyl (C=O) groups is 1. The molecule has 0 bridgehead atoms. The summed E-state index contributed by atoms with van der Waals surface area (Å²) in [4.78, 5) is 12.3. The number of rotatable bonds is 7. The molecule has 0 aliphatic heterocycles. The molecule has 31 heavy (non-hydrogen) atoms. The second-order valence-electron chi connectivity index (χ2n) is 7.23. The normalized spacial score (nSPS) is 12.8. The van der Waals surface area contributed by atoms with Crippen LogP contribution in [0.2, 0.25) is 0 Å². The first-order valence-electron chi connectivity index (χ1n) is 9.82. The molecule has 8 heteroatoms. The molecule has 0 spiro atoms. The van der Waals surface area contributed by atoms with E-state index in [2.05, 4.69) is 10.0 Å². The Morgan fingerprint density at radius 2 is 1.65 bits per heavy atom. The van der Waals surface area contributed by atoms with Crippen LogP contribution in [0.25, 0.3) is 0 Å². The second-order valence-corrected chi connectivity index (χ2v) is 8.91. The highest BCUT2D eigenvalue weighted by atomic mass is 32.2. The molecule has 3 aromatic carbocycles. The van der Waals surface area contributed by atoms with Crippen LogP contribution in [0.3, 0.4) is 0 Å². The molecule has 0 saturated heterocycles. The van der Waals surface area contributed by atoms with Crippen molar-refractivity contribution in [1.82, 2.24) is 0 Å². The minimum atomic E-state index is -3.95. The molecular weight excluding hydrogens is 419 g/mol. The van der Waals surface area contributed by atoms with Gasteiger partial charge in [0.15, 0.2) is 6.61 Å². The van der Waals surface area contributed by atoms with Gasteiger partial charge in [0, 0.05) is 0 Å². The minimum absolute atomic E-state index is 0.0880. The SMILES string of the molecule is O=C(COc1ccc2c(c1)CCC2)Nc1ccccc1NS(=O)(=O)c1ccc(F)cc1. The number of para-hydroxylation sites is 2. The quantitative estimate of drug-likeness (QED) is 0.579. The van der Waals surface area contributed by atoms with Crippen molar-refractivity contribution in [3.05, 3.63) is 83.7 Å². The van der Waals surface area contributed by atoms with Crippen LogP contribution in [-0.2, 0) is 27.7 Å². The van der Waals surface area contributed by atoms with E-state index in [1.807, 2.05) is 18.2 Å². The van der Waals surface area contributed by atoms with Crippen molar-refractivity contribution < 1.29 is 22.3 Å². The molecule has 0 heterocycles. The number of ether oxygens (including phenoxy) is 1. The first-order valence-corrected chi connectivity index (χ1v) is 11.3. The molecule has 160 valence electrons.